The molecule has 5 heteroatoms. The molecule has 1 atom stereocenters. The van der Waals surface area contributed by atoms with Gasteiger partial charge in [0, 0.05) is 18.1 Å². The van der Waals surface area contributed by atoms with E-state index in [1.165, 1.54) is 5.56 Å². The van der Waals surface area contributed by atoms with E-state index >= 15 is 0 Å². The average molecular weight is 348 g/mol. The molecular formula is C21H20N2O3. The number of benzene rings is 2. The van der Waals surface area contributed by atoms with Gasteiger partial charge in [0.2, 0.25) is 0 Å². The summed E-state index contributed by atoms with van der Waals surface area (Å²) in [6, 6.07) is 17.0. The highest BCUT2D eigenvalue weighted by molar-refractivity contribution is 5.95. The highest BCUT2D eigenvalue weighted by Gasteiger charge is 2.33. The largest absolute Gasteiger partial charge is 0.487 e. The number of rotatable bonds is 4. The van der Waals surface area contributed by atoms with Gasteiger partial charge in [0.1, 0.15) is 11.9 Å². The van der Waals surface area contributed by atoms with E-state index in [1.54, 1.807) is 29.2 Å². The molecule has 2 aliphatic heterocycles. The smallest absolute Gasteiger partial charge is 0.254 e. The van der Waals surface area contributed by atoms with Gasteiger partial charge in [0.15, 0.2) is 0 Å². The molecule has 2 aliphatic rings. The molecule has 0 aromatic heterocycles. The Balaban J connectivity index is 1.34. The van der Waals surface area contributed by atoms with Crippen LogP contribution < -0.4 is 4.74 Å². The molecule has 0 bridgehead atoms. The number of hydrogen-bond donors (Lipinski definition) is 0. The van der Waals surface area contributed by atoms with Gasteiger partial charge in [-0.25, -0.2) is 0 Å². The zero-order valence-electron chi connectivity index (χ0n) is 14.4. The van der Waals surface area contributed by atoms with Crippen molar-refractivity contribution >= 4 is 5.91 Å². The van der Waals surface area contributed by atoms with Gasteiger partial charge in [-0.15, -0.1) is 0 Å². The molecule has 26 heavy (non-hydrogen) atoms. The van der Waals surface area contributed by atoms with Crippen molar-refractivity contribution in [2.45, 2.75) is 18.4 Å². The Kier molecular flexibility index (Phi) is 4.59. The minimum atomic E-state index is -0.00157. The number of carbonyl (C=O) groups excluding carboxylic acids is 1. The van der Waals surface area contributed by atoms with E-state index in [-0.39, 0.29) is 12.0 Å². The van der Waals surface area contributed by atoms with E-state index in [0.717, 1.165) is 30.9 Å². The monoisotopic (exact) mass is 348 g/mol. The number of ether oxygens (including phenoxy) is 2. The second kappa shape index (κ2) is 7.19. The van der Waals surface area contributed by atoms with Crippen molar-refractivity contribution < 1.29 is 14.3 Å². The zero-order valence-corrected chi connectivity index (χ0v) is 14.4. The average Bonchev–Trinajstić information content (AvgIpc) is 3.19. The van der Waals surface area contributed by atoms with Crippen molar-refractivity contribution in [3.63, 3.8) is 0 Å². The molecule has 2 saturated heterocycles. The highest BCUT2D eigenvalue weighted by Crippen LogP contribution is 2.27. The Bertz CT molecular complexity index is 829. The third kappa shape index (κ3) is 3.42. The van der Waals surface area contributed by atoms with Crippen molar-refractivity contribution in [3.05, 3.63) is 65.2 Å². The van der Waals surface area contributed by atoms with Crippen molar-refractivity contribution in [1.82, 2.24) is 4.90 Å². The van der Waals surface area contributed by atoms with E-state index in [4.69, 9.17) is 14.7 Å². The standard InChI is InChI=1S/C21H20N2O3/c22-11-15-4-6-19(7-5-15)26-20-12-23(13-20)21(24)17-3-1-2-16(10-17)18-8-9-25-14-18/h1-7,10,18,20H,8-9,12-14H2. The van der Waals surface area contributed by atoms with E-state index in [1.807, 2.05) is 18.2 Å². The molecule has 2 fully saturated rings. The van der Waals surface area contributed by atoms with Crippen LogP contribution in [0.3, 0.4) is 0 Å². The van der Waals surface area contributed by atoms with Crippen LogP contribution in [-0.2, 0) is 4.74 Å². The Labute approximate surface area is 152 Å². The van der Waals surface area contributed by atoms with E-state index in [2.05, 4.69) is 12.1 Å². The molecule has 1 amide bonds. The van der Waals surface area contributed by atoms with Crippen molar-refractivity contribution in [1.29, 1.82) is 5.26 Å². The lowest BCUT2D eigenvalue weighted by atomic mass is 9.96. The summed E-state index contributed by atoms with van der Waals surface area (Å²) in [6.07, 6.45) is 1.01. The first-order chi connectivity index (χ1) is 12.7. The second-order valence-electron chi connectivity index (χ2n) is 6.77. The first kappa shape index (κ1) is 16.6. The predicted molar refractivity (Wildman–Crippen MR) is 96.1 cm³/mol. The fraction of sp³-hybridized carbons (Fsp3) is 0.333. The lowest BCUT2D eigenvalue weighted by molar-refractivity contribution is 0.0178. The Morgan fingerprint density at radius 1 is 1.19 bits per heavy atom. The van der Waals surface area contributed by atoms with Gasteiger partial charge in [0.25, 0.3) is 5.91 Å². The third-order valence-electron chi connectivity index (χ3n) is 4.96. The summed E-state index contributed by atoms with van der Waals surface area (Å²) in [5.41, 5.74) is 2.51. The quantitative estimate of drug-likeness (QED) is 0.852. The molecule has 2 heterocycles. The fourth-order valence-corrected chi connectivity index (χ4v) is 3.38. The van der Waals surface area contributed by atoms with Crippen LogP contribution in [0, 0.1) is 11.3 Å². The van der Waals surface area contributed by atoms with Gasteiger partial charge in [-0.1, -0.05) is 12.1 Å². The molecular weight excluding hydrogens is 328 g/mol. The van der Waals surface area contributed by atoms with Crippen LogP contribution in [0.5, 0.6) is 5.75 Å². The van der Waals surface area contributed by atoms with Gasteiger partial charge >= 0.3 is 0 Å². The van der Waals surface area contributed by atoms with Gasteiger partial charge in [0.05, 0.1) is 31.3 Å². The molecule has 4 rings (SSSR count). The van der Waals surface area contributed by atoms with Crippen molar-refractivity contribution in [3.8, 4) is 11.8 Å². The SMILES string of the molecule is N#Cc1ccc(OC2CN(C(=O)c3cccc(C4CCOC4)c3)C2)cc1. The van der Waals surface area contributed by atoms with Crippen LogP contribution in [0.4, 0.5) is 0 Å². The minimum Gasteiger partial charge on any atom is -0.487 e. The number of hydrogen-bond acceptors (Lipinski definition) is 4. The molecule has 132 valence electrons. The summed E-state index contributed by atoms with van der Waals surface area (Å²) in [4.78, 5) is 14.5. The summed E-state index contributed by atoms with van der Waals surface area (Å²) >= 11 is 0. The van der Waals surface area contributed by atoms with Crippen LogP contribution >= 0.6 is 0 Å². The Hall–Kier alpha value is -2.84. The van der Waals surface area contributed by atoms with E-state index < -0.39 is 0 Å². The van der Waals surface area contributed by atoms with Crippen LogP contribution in [0.1, 0.15) is 33.8 Å². The molecule has 0 aliphatic carbocycles. The maximum atomic E-state index is 12.7. The highest BCUT2D eigenvalue weighted by atomic mass is 16.5. The lowest BCUT2D eigenvalue weighted by Crippen LogP contribution is -2.56. The molecule has 0 radical (unpaired) electrons. The zero-order chi connectivity index (χ0) is 17.9. The number of nitriles is 1. The summed E-state index contributed by atoms with van der Waals surface area (Å²) in [5, 5.41) is 8.82. The van der Waals surface area contributed by atoms with Crippen LogP contribution in [0.2, 0.25) is 0 Å². The maximum Gasteiger partial charge on any atom is 0.254 e. The molecule has 0 N–H and O–H groups in total. The molecule has 0 spiro atoms. The maximum absolute atomic E-state index is 12.7. The third-order valence-corrected chi connectivity index (χ3v) is 4.96. The van der Waals surface area contributed by atoms with Crippen LogP contribution in [-0.4, -0.2) is 43.2 Å². The molecule has 2 aromatic carbocycles. The van der Waals surface area contributed by atoms with Gasteiger partial charge in [-0.05, 0) is 48.4 Å². The second-order valence-corrected chi connectivity index (χ2v) is 6.77. The first-order valence-electron chi connectivity index (χ1n) is 8.87. The molecule has 1 unspecified atom stereocenters. The van der Waals surface area contributed by atoms with Gasteiger partial charge in [-0.2, -0.15) is 5.26 Å². The summed E-state index contributed by atoms with van der Waals surface area (Å²) in [7, 11) is 0. The summed E-state index contributed by atoms with van der Waals surface area (Å²) in [6.45, 7) is 2.69. The van der Waals surface area contributed by atoms with Crippen molar-refractivity contribution in [2.24, 2.45) is 0 Å². The normalized spacial score (nSPS) is 19.7. The van der Waals surface area contributed by atoms with E-state index in [9.17, 15) is 4.79 Å². The lowest BCUT2D eigenvalue weighted by Gasteiger charge is -2.39. The first-order valence-corrected chi connectivity index (χ1v) is 8.87. The van der Waals surface area contributed by atoms with Crippen LogP contribution in [0.25, 0.3) is 0 Å². The number of likely N-dealkylation sites (tertiary alicyclic amines) is 1. The van der Waals surface area contributed by atoms with Gasteiger partial charge < -0.3 is 14.4 Å². The number of carbonyl (C=O) groups is 1. The van der Waals surface area contributed by atoms with Crippen LogP contribution in [0.15, 0.2) is 48.5 Å². The molecule has 5 nitrogen and oxygen atoms in total. The minimum absolute atomic E-state index is 0.00157. The number of amides is 1. The van der Waals surface area contributed by atoms with Gasteiger partial charge in [-0.3, -0.25) is 4.79 Å². The molecule has 2 aromatic rings. The predicted octanol–water partition coefficient (Wildman–Crippen LogP) is 2.97. The summed E-state index contributed by atoms with van der Waals surface area (Å²) < 4.78 is 11.3. The molecule has 0 saturated carbocycles. The van der Waals surface area contributed by atoms with E-state index in [0.29, 0.717) is 24.6 Å². The topological polar surface area (TPSA) is 62.6 Å². The summed E-state index contributed by atoms with van der Waals surface area (Å²) in [5.74, 6) is 1.17. The Morgan fingerprint density at radius 2 is 2.00 bits per heavy atom. The number of nitrogens with zero attached hydrogens (tertiary/aromatic N) is 2. The fourth-order valence-electron chi connectivity index (χ4n) is 3.38. The van der Waals surface area contributed by atoms with Crippen molar-refractivity contribution in [2.75, 3.05) is 26.3 Å². The Morgan fingerprint density at radius 3 is 2.69 bits per heavy atom.